The molecule has 6 nitrogen and oxygen atoms in total. The SMILES string of the molecule is Cc1nn(C[C@@H](C)NCCS(=O)(=O)N(C)C)c(C)c1Cl. The van der Waals surface area contributed by atoms with Gasteiger partial charge in [0.05, 0.1) is 28.7 Å². The molecule has 0 spiro atoms. The van der Waals surface area contributed by atoms with E-state index in [9.17, 15) is 8.42 Å². The minimum absolute atomic E-state index is 0.0855. The predicted octanol–water partition coefficient (Wildman–Crippen LogP) is 1.02. The van der Waals surface area contributed by atoms with Crippen molar-refractivity contribution in [3.8, 4) is 0 Å². The van der Waals surface area contributed by atoms with Crippen LogP contribution in [0.1, 0.15) is 18.3 Å². The molecule has 0 aliphatic carbocycles. The molecule has 1 atom stereocenters. The van der Waals surface area contributed by atoms with Crippen LogP contribution in [-0.4, -0.2) is 54.9 Å². The van der Waals surface area contributed by atoms with E-state index < -0.39 is 10.0 Å². The predicted molar refractivity (Wildman–Crippen MR) is 81.6 cm³/mol. The molecule has 8 heteroatoms. The molecule has 0 aromatic carbocycles. The van der Waals surface area contributed by atoms with Crippen LogP contribution in [0, 0.1) is 13.8 Å². The third-order valence-corrected chi connectivity index (χ3v) is 5.53. The molecular weight excluding hydrogens is 300 g/mol. The van der Waals surface area contributed by atoms with Gasteiger partial charge in [-0.15, -0.1) is 0 Å². The molecule has 0 saturated heterocycles. The highest BCUT2D eigenvalue weighted by Crippen LogP contribution is 2.18. The number of hydrogen-bond donors (Lipinski definition) is 1. The lowest BCUT2D eigenvalue weighted by atomic mass is 10.3. The molecule has 1 N–H and O–H groups in total. The molecule has 0 bridgehead atoms. The summed E-state index contributed by atoms with van der Waals surface area (Å²) in [6, 6.07) is 0.112. The molecule has 0 fully saturated rings. The second kappa shape index (κ2) is 6.89. The summed E-state index contributed by atoms with van der Waals surface area (Å²) in [5.74, 6) is 0.0855. The van der Waals surface area contributed by atoms with Crippen molar-refractivity contribution in [2.45, 2.75) is 33.4 Å². The molecule has 1 aromatic heterocycles. The highest BCUT2D eigenvalue weighted by molar-refractivity contribution is 7.89. The van der Waals surface area contributed by atoms with Gasteiger partial charge in [0, 0.05) is 26.7 Å². The zero-order valence-corrected chi connectivity index (χ0v) is 14.2. The Morgan fingerprint density at radius 2 is 2.00 bits per heavy atom. The third kappa shape index (κ3) is 4.44. The Bertz CT molecular complexity index is 554. The number of sulfonamides is 1. The lowest BCUT2D eigenvalue weighted by Crippen LogP contribution is -2.37. The fraction of sp³-hybridized carbons (Fsp3) is 0.750. The van der Waals surface area contributed by atoms with Crippen molar-refractivity contribution >= 4 is 21.6 Å². The van der Waals surface area contributed by atoms with Crippen LogP contribution < -0.4 is 5.32 Å². The maximum atomic E-state index is 11.6. The van der Waals surface area contributed by atoms with E-state index in [4.69, 9.17) is 11.6 Å². The highest BCUT2D eigenvalue weighted by Gasteiger charge is 2.15. The summed E-state index contributed by atoms with van der Waals surface area (Å²) in [5.41, 5.74) is 1.74. The molecule has 0 unspecified atom stereocenters. The van der Waals surface area contributed by atoms with Crippen molar-refractivity contribution in [2.75, 3.05) is 26.4 Å². The van der Waals surface area contributed by atoms with E-state index in [1.807, 2.05) is 25.5 Å². The van der Waals surface area contributed by atoms with Crippen LogP contribution in [0.5, 0.6) is 0 Å². The van der Waals surface area contributed by atoms with Gasteiger partial charge in [-0.25, -0.2) is 12.7 Å². The van der Waals surface area contributed by atoms with Crippen LogP contribution in [0.4, 0.5) is 0 Å². The fourth-order valence-electron chi connectivity index (χ4n) is 1.79. The summed E-state index contributed by atoms with van der Waals surface area (Å²) < 4.78 is 26.3. The van der Waals surface area contributed by atoms with E-state index in [0.717, 1.165) is 11.4 Å². The number of nitrogens with one attached hydrogen (secondary N) is 1. The van der Waals surface area contributed by atoms with Crippen molar-refractivity contribution in [1.29, 1.82) is 0 Å². The number of nitrogens with zero attached hydrogens (tertiary/aromatic N) is 3. The summed E-state index contributed by atoms with van der Waals surface area (Å²) in [7, 11) is -0.0735. The molecule has 116 valence electrons. The largest absolute Gasteiger partial charge is 0.311 e. The first kappa shape index (κ1) is 17.4. The first-order valence-corrected chi connectivity index (χ1v) is 8.47. The Morgan fingerprint density at radius 3 is 2.45 bits per heavy atom. The molecule has 0 aliphatic heterocycles. The van der Waals surface area contributed by atoms with Crippen molar-refractivity contribution in [3.63, 3.8) is 0 Å². The Hall–Kier alpha value is -0.630. The van der Waals surface area contributed by atoms with Gasteiger partial charge in [-0.3, -0.25) is 4.68 Å². The smallest absolute Gasteiger partial charge is 0.214 e. The normalized spacial score (nSPS) is 13.9. The van der Waals surface area contributed by atoms with Crippen LogP contribution in [0.25, 0.3) is 0 Å². The number of rotatable bonds is 7. The van der Waals surface area contributed by atoms with Gasteiger partial charge >= 0.3 is 0 Å². The summed E-state index contributed by atoms with van der Waals surface area (Å²) in [4.78, 5) is 0. The first-order valence-electron chi connectivity index (χ1n) is 6.48. The summed E-state index contributed by atoms with van der Waals surface area (Å²) >= 11 is 6.09. The van der Waals surface area contributed by atoms with Gasteiger partial charge in [-0.05, 0) is 20.8 Å². The maximum absolute atomic E-state index is 11.6. The topological polar surface area (TPSA) is 67.2 Å². The molecular formula is C12H23ClN4O2S. The van der Waals surface area contributed by atoms with Gasteiger partial charge in [-0.2, -0.15) is 5.10 Å². The van der Waals surface area contributed by atoms with Gasteiger partial charge in [0.2, 0.25) is 10.0 Å². The van der Waals surface area contributed by atoms with Crippen LogP contribution in [0.15, 0.2) is 0 Å². The van der Waals surface area contributed by atoms with Crippen molar-refractivity contribution in [3.05, 3.63) is 16.4 Å². The second-order valence-corrected chi connectivity index (χ2v) is 7.80. The number of halogens is 1. The molecule has 1 rings (SSSR count). The third-order valence-electron chi connectivity index (χ3n) is 3.15. The molecule has 0 amide bonds. The van der Waals surface area contributed by atoms with Gasteiger partial charge in [-0.1, -0.05) is 11.6 Å². The zero-order chi connectivity index (χ0) is 15.5. The average Bonchev–Trinajstić information content (AvgIpc) is 2.56. The van der Waals surface area contributed by atoms with Crippen molar-refractivity contribution in [2.24, 2.45) is 0 Å². The highest BCUT2D eigenvalue weighted by atomic mass is 35.5. The van der Waals surface area contributed by atoms with Gasteiger partial charge in [0.1, 0.15) is 0 Å². The van der Waals surface area contributed by atoms with Gasteiger partial charge in [0.25, 0.3) is 0 Å². The van der Waals surface area contributed by atoms with Crippen LogP contribution >= 0.6 is 11.6 Å². The van der Waals surface area contributed by atoms with Crippen LogP contribution in [0.3, 0.4) is 0 Å². The van der Waals surface area contributed by atoms with E-state index >= 15 is 0 Å². The molecule has 20 heavy (non-hydrogen) atoms. The van der Waals surface area contributed by atoms with E-state index in [2.05, 4.69) is 10.4 Å². The Morgan fingerprint density at radius 1 is 1.40 bits per heavy atom. The van der Waals surface area contributed by atoms with Crippen molar-refractivity contribution in [1.82, 2.24) is 19.4 Å². The monoisotopic (exact) mass is 322 g/mol. The Kier molecular flexibility index (Phi) is 6.00. The number of aromatic nitrogens is 2. The summed E-state index contributed by atoms with van der Waals surface area (Å²) in [6.45, 7) is 6.85. The van der Waals surface area contributed by atoms with Gasteiger partial charge in [0.15, 0.2) is 0 Å². The molecule has 0 radical (unpaired) electrons. The van der Waals surface area contributed by atoms with Crippen molar-refractivity contribution < 1.29 is 8.42 Å². The standard InChI is InChI=1S/C12H23ClN4O2S/c1-9(14-6-7-20(18,19)16(4)5)8-17-11(3)12(13)10(2)15-17/h9,14H,6-8H2,1-5H3/t9-/m1/s1. The first-order chi connectivity index (χ1) is 9.15. The van der Waals surface area contributed by atoms with Gasteiger partial charge < -0.3 is 5.32 Å². The number of aryl methyl sites for hydroxylation is 1. The lowest BCUT2D eigenvalue weighted by molar-refractivity contribution is 0.450. The van der Waals surface area contributed by atoms with E-state index in [1.165, 1.54) is 18.4 Å². The zero-order valence-electron chi connectivity index (χ0n) is 12.6. The van der Waals surface area contributed by atoms with E-state index in [1.54, 1.807) is 0 Å². The quantitative estimate of drug-likeness (QED) is 0.814. The van der Waals surface area contributed by atoms with Crippen LogP contribution in [0.2, 0.25) is 5.02 Å². The number of hydrogen-bond acceptors (Lipinski definition) is 4. The molecule has 1 heterocycles. The Labute approximate surface area is 126 Å². The maximum Gasteiger partial charge on any atom is 0.214 e. The van der Waals surface area contributed by atoms with Crippen LogP contribution in [-0.2, 0) is 16.6 Å². The molecule has 0 aliphatic rings. The fourth-order valence-corrected chi connectivity index (χ4v) is 2.67. The van der Waals surface area contributed by atoms with E-state index in [0.29, 0.717) is 18.1 Å². The average molecular weight is 323 g/mol. The summed E-state index contributed by atoms with van der Waals surface area (Å²) in [5, 5.41) is 8.23. The second-order valence-electron chi connectivity index (χ2n) is 5.12. The Balaban J connectivity index is 2.49. The lowest BCUT2D eigenvalue weighted by Gasteiger charge is -2.16. The molecule has 0 saturated carbocycles. The minimum atomic E-state index is -3.15. The minimum Gasteiger partial charge on any atom is -0.311 e. The summed E-state index contributed by atoms with van der Waals surface area (Å²) in [6.07, 6.45) is 0. The molecule has 1 aromatic rings. The van der Waals surface area contributed by atoms with E-state index in [-0.39, 0.29) is 11.8 Å².